The fourth-order valence-electron chi connectivity index (χ4n) is 2.88. The summed E-state index contributed by atoms with van der Waals surface area (Å²) < 4.78 is 5.43. The quantitative estimate of drug-likeness (QED) is 0.912. The zero-order chi connectivity index (χ0) is 17.8. The summed E-state index contributed by atoms with van der Waals surface area (Å²) in [6, 6.07) is 15.0. The molecule has 1 atom stereocenters. The first-order valence-corrected chi connectivity index (χ1v) is 8.38. The minimum Gasteiger partial charge on any atom is -0.484 e. The molecule has 5 nitrogen and oxygen atoms in total. The van der Waals surface area contributed by atoms with Crippen molar-refractivity contribution in [1.82, 2.24) is 5.32 Å². The first-order chi connectivity index (χ1) is 12.0. The Balaban J connectivity index is 1.55. The number of aryl methyl sites for hydroxylation is 2. The van der Waals surface area contributed by atoms with Gasteiger partial charge in [0.15, 0.2) is 6.61 Å². The highest BCUT2D eigenvalue weighted by Gasteiger charge is 2.31. The van der Waals surface area contributed by atoms with Crippen LogP contribution in [0.4, 0.5) is 5.69 Å². The number of ether oxygens (including phenoxy) is 1. The molecule has 1 unspecified atom stereocenters. The summed E-state index contributed by atoms with van der Waals surface area (Å²) in [6.07, 6.45) is 0.310. The van der Waals surface area contributed by atoms with E-state index in [-0.39, 0.29) is 24.5 Å². The second kappa shape index (κ2) is 7.38. The lowest BCUT2D eigenvalue weighted by atomic mass is 10.1. The molecule has 1 aliphatic rings. The van der Waals surface area contributed by atoms with E-state index in [1.165, 1.54) is 5.56 Å². The number of hydrogen-bond donors (Lipinski definition) is 1. The fourth-order valence-corrected chi connectivity index (χ4v) is 2.88. The average molecular weight is 338 g/mol. The van der Waals surface area contributed by atoms with Crippen LogP contribution in [0.1, 0.15) is 17.5 Å². The Morgan fingerprint density at radius 1 is 1.16 bits per heavy atom. The van der Waals surface area contributed by atoms with Crippen LogP contribution in [0.25, 0.3) is 0 Å². The minimum atomic E-state index is -0.219. The van der Waals surface area contributed by atoms with Gasteiger partial charge in [-0.1, -0.05) is 24.3 Å². The highest BCUT2D eigenvalue weighted by Crippen LogP contribution is 2.24. The smallest absolute Gasteiger partial charge is 0.258 e. The first-order valence-electron chi connectivity index (χ1n) is 8.38. The van der Waals surface area contributed by atoms with Gasteiger partial charge in [0.05, 0.1) is 6.04 Å². The van der Waals surface area contributed by atoms with Gasteiger partial charge in [-0.25, -0.2) is 0 Å². The van der Waals surface area contributed by atoms with E-state index in [2.05, 4.69) is 5.32 Å². The molecule has 0 bridgehead atoms. The van der Waals surface area contributed by atoms with Gasteiger partial charge in [-0.15, -0.1) is 0 Å². The maximum atomic E-state index is 12.3. The monoisotopic (exact) mass is 338 g/mol. The predicted octanol–water partition coefficient (Wildman–Crippen LogP) is 2.60. The molecule has 1 aliphatic heterocycles. The van der Waals surface area contributed by atoms with Crippen LogP contribution in [0.3, 0.4) is 0 Å². The maximum Gasteiger partial charge on any atom is 0.258 e. The molecular formula is C20H22N2O3. The van der Waals surface area contributed by atoms with E-state index >= 15 is 0 Å². The number of anilines is 1. The Morgan fingerprint density at radius 2 is 1.92 bits per heavy atom. The lowest BCUT2D eigenvalue weighted by Gasteiger charge is -2.18. The third-order valence-corrected chi connectivity index (χ3v) is 4.41. The van der Waals surface area contributed by atoms with Gasteiger partial charge in [-0.2, -0.15) is 0 Å². The van der Waals surface area contributed by atoms with Crippen LogP contribution in [0.15, 0.2) is 48.5 Å². The number of amides is 2. The Kier molecular flexibility index (Phi) is 5.03. The normalized spacial score (nSPS) is 16.8. The van der Waals surface area contributed by atoms with Crippen molar-refractivity contribution in [3.63, 3.8) is 0 Å². The van der Waals surface area contributed by atoms with Crippen molar-refractivity contribution in [2.24, 2.45) is 0 Å². The van der Waals surface area contributed by atoms with Crippen LogP contribution in [-0.2, 0) is 9.59 Å². The Labute approximate surface area is 147 Å². The van der Waals surface area contributed by atoms with E-state index in [9.17, 15) is 9.59 Å². The van der Waals surface area contributed by atoms with Gasteiger partial charge < -0.3 is 15.0 Å². The number of carbonyl (C=O) groups excluding carboxylic acids is 2. The largest absolute Gasteiger partial charge is 0.484 e. The highest BCUT2D eigenvalue weighted by atomic mass is 16.5. The van der Waals surface area contributed by atoms with Crippen LogP contribution < -0.4 is 15.0 Å². The third kappa shape index (κ3) is 4.18. The van der Waals surface area contributed by atoms with Crippen molar-refractivity contribution >= 4 is 17.5 Å². The number of rotatable bonds is 5. The summed E-state index contributed by atoms with van der Waals surface area (Å²) in [6.45, 7) is 4.50. The summed E-state index contributed by atoms with van der Waals surface area (Å²) in [5.41, 5.74) is 3.22. The molecule has 2 amide bonds. The van der Waals surface area contributed by atoms with E-state index in [1.807, 2.05) is 50.2 Å². The molecule has 25 heavy (non-hydrogen) atoms. The summed E-state index contributed by atoms with van der Waals surface area (Å²) in [4.78, 5) is 26.1. The molecule has 0 aliphatic carbocycles. The van der Waals surface area contributed by atoms with Crippen molar-refractivity contribution in [3.8, 4) is 5.75 Å². The van der Waals surface area contributed by atoms with Crippen LogP contribution in [0.5, 0.6) is 5.75 Å². The SMILES string of the molecule is Cc1ccc(N2CC(NC(=O)COc3ccccc3)CC2=O)cc1C. The Bertz CT molecular complexity index is 774. The molecule has 0 saturated carbocycles. The molecule has 2 aromatic carbocycles. The zero-order valence-corrected chi connectivity index (χ0v) is 14.5. The van der Waals surface area contributed by atoms with E-state index in [0.29, 0.717) is 18.7 Å². The van der Waals surface area contributed by atoms with Gasteiger partial charge >= 0.3 is 0 Å². The standard InChI is InChI=1S/C20H22N2O3/c1-14-8-9-17(10-15(14)2)22-12-16(11-20(22)24)21-19(23)13-25-18-6-4-3-5-7-18/h3-10,16H,11-13H2,1-2H3,(H,21,23). The summed E-state index contributed by atoms with van der Waals surface area (Å²) in [7, 11) is 0. The topological polar surface area (TPSA) is 58.6 Å². The molecule has 0 spiro atoms. The molecule has 0 aromatic heterocycles. The molecule has 1 heterocycles. The van der Waals surface area contributed by atoms with Gasteiger partial charge in [-0.3, -0.25) is 9.59 Å². The number of nitrogens with one attached hydrogen (secondary N) is 1. The van der Waals surface area contributed by atoms with Gasteiger partial charge in [0.1, 0.15) is 5.75 Å². The second-order valence-corrected chi connectivity index (χ2v) is 6.34. The van der Waals surface area contributed by atoms with Crippen LogP contribution in [0, 0.1) is 13.8 Å². The fraction of sp³-hybridized carbons (Fsp3) is 0.300. The molecule has 1 N–H and O–H groups in total. The van der Waals surface area contributed by atoms with E-state index in [1.54, 1.807) is 17.0 Å². The number of carbonyl (C=O) groups is 2. The van der Waals surface area contributed by atoms with Crippen LogP contribution >= 0.6 is 0 Å². The number of nitrogens with zero attached hydrogens (tertiary/aromatic N) is 1. The van der Waals surface area contributed by atoms with Crippen LogP contribution in [-0.4, -0.2) is 31.0 Å². The number of benzene rings is 2. The second-order valence-electron chi connectivity index (χ2n) is 6.34. The molecule has 1 saturated heterocycles. The molecule has 3 rings (SSSR count). The van der Waals surface area contributed by atoms with Crippen molar-refractivity contribution in [1.29, 1.82) is 0 Å². The lowest BCUT2D eigenvalue weighted by molar-refractivity contribution is -0.123. The average Bonchev–Trinajstić information content (AvgIpc) is 2.96. The van der Waals surface area contributed by atoms with Crippen molar-refractivity contribution in [2.75, 3.05) is 18.1 Å². The Hall–Kier alpha value is -2.82. The van der Waals surface area contributed by atoms with E-state index in [0.717, 1.165) is 11.3 Å². The van der Waals surface area contributed by atoms with Crippen LogP contribution in [0.2, 0.25) is 0 Å². The molecule has 1 fully saturated rings. The van der Waals surface area contributed by atoms with Crippen molar-refractivity contribution in [3.05, 3.63) is 59.7 Å². The van der Waals surface area contributed by atoms with E-state index < -0.39 is 0 Å². The molecule has 0 radical (unpaired) electrons. The number of hydrogen-bond acceptors (Lipinski definition) is 3. The maximum absolute atomic E-state index is 12.3. The van der Waals surface area contributed by atoms with Gasteiger partial charge in [0.25, 0.3) is 5.91 Å². The summed E-state index contributed by atoms with van der Waals surface area (Å²) >= 11 is 0. The molecular weight excluding hydrogens is 316 g/mol. The van der Waals surface area contributed by atoms with Gasteiger partial charge in [0.2, 0.25) is 5.91 Å². The lowest BCUT2D eigenvalue weighted by Crippen LogP contribution is -2.39. The predicted molar refractivity (Wildman–Crippen MR) is 96.8 cm³/mol. The zero-order valence-electron chi connectivity index (χ0n) is 14.5. The van der Waals surface area contributed by atoms with Gasteiger partial charge in [0, 0.05) is 18.7 Å². The van der Waals surface area contributed by atoms with Crippen molar-refractivity contribution in [2.45, 2.75) is 26.3 Å². The van der Waals surface area contributed by atoms with E-state index in [4.69, 9.17) is 4.74 Å². The number of para-hydroxylation sites is 1. The minimum absolute atomic E-state index is 0.0255. The molecule has 2 aromatic rings. The third-order valence-electron chi connectivity index (χ3n) is 4.41. The highest BCUT2D eigenvalue weighted by molar-refractivity contribution is 5.97. The molecule has 5 heteroatoms. The first kappa shape index (κ1) is 17.0. The Morgan fingerprint density at radius 3 is 2.64 bits per heavy atom. The van der Waals surface area contributed by atoms with Gasteiger partial charge in [-0.05, 0) is 49.2 Å². The molecule has 130 valence electrons. The summed E-state index contributed by atoms with van der Waals surface area (Å²) in [5, 5.41) is 2.88. The van der Waals surface area contributed by atoms with Crippen molar-refractivity contribution < 1.29 is 14.3 Å². The summed E-state index contributed by atoms with van der Waals surface area (Å²) in [5.74, 6) is 0.457.